The van der Waals surface area contributed by atoms with Crippen molar-refractivity contribution in [2.75, 3.05) is 0 Å². The number of hydrogen-bond donors (Lipinski definition) is 1. The van der Waals surface area contributed by atoms with E-state index in [2.05, 4.69) is 0 Å². The van der Waals surface area contributed by atoms with Crippen LogP contribution >= 0.6 is 11.3 Å². The van der Waals surface area contributed by atoms with E-state index >= 15 is 0 Å². The lowest BCUT2D eigenvalue weighted by Gasteiger charge is -2.23. The van der Waals surface area contributed by atoms with Gasteiger partial charge in [0.2, 0.25) is 0 Å². The molecule has 5 nitrogen and oxygen atoms in total. The summed E-state index contributed by atoms with van der Waals surface area (Å²) >= 11 is 1.06. The van der Waals surface area contributed by atoms with E-state index in [0.29, 0.717) is 20.3 Å². The van der Waals surface area contributed by atoms with Crippen molar-refractivity contribution in [3.63, 3.8) is 0 Å². The lowest BCUT2D eigenvalue weighted by atomic mass is 9.93. The average molecular weight is 418 g/mol. The van der Waals surface area contributed by atoms with E-state index in [1.165, 1.54) is 53.1 Å². The molecule has 0 fully saturated rings. The summed E-state index contributed by atoms with van der Waals surface area (Å²) in [7, 11) is 0. The van der Waals surface area contributed by atoms with Crippen LogP contribution in [0.5, 0.6) is 0 Å². The number of hydrogen-bond acceptors (Lipinski definition) is 5. The first-order chi connectivity index (χ1) is 14.4. The van der Waals surface area contributed by atoms with Crippen LogP contribution in [-0.4, -0.2) is 4.57 Å². The topological polar surface area (TPSA) is 95.6 Å². The minimum atomic E-state index is -0.887. The predicted octanol–water partition coefficient (Wildman–Crippen LogP) is 2.03. The van der Waals surface area contributed by atoms with Crippen LogP contribution in [-0.2, 0) is 0 Å². The highest BCUT2D eigenvalue weighted by Gasteiger charge is 2.31. The summed E-state index contributed by atoms with van der Waals surface area (Å²) in [6.07, 6.45) is 1.58. The Morgan fingerprint density at radius 3 is 2.17 bits per heavy atom. The van der Waals surface area contributed by atoms with Crippen LogP contribution in [0.4, 0.5) is 8.78 Å². The van der Waals surface area contributed by atoms with Crippen molar-refractivity contribution in [2.24, 2.45) is 5.73 Å². The molecule has 0 unspecified atom stereocenters. The van der Waals surface area contributed by atoms with Crippen LogP contribution in [0.15, 0.2) is 64.6 Å². The molecule has 1 atom stereocenters. The van der Waals surface area contributed by atoms with E-state index in [-0.39, 0.29) is 16.8 Å². The molecule has 3 aromatic rings. The normalized spacial score (nSPS) is 16.2. The summed E-state index contributed by atoms with van der Waals surface area (Å²) in [6, 6.07) is 14.1. The van der Waals surface area contributed by atoms with Crippen molar-refractivity contribution in [1.82, 2.24) is 4.57 Å². The van der Waals surface area contributed by atoms with Crippen molar-refractivity contribution in [1.29, 1.82) is 10.5 Å². The Balaban J connectivity index is 2.05. The molecular weight excluding hydrogens is 406 g/mol. The zero-order valence-corrected chi connectivity index (χ0v) is 16.1. The Labute approximate surface area is 173 Å². The first-order valence-electron chi connectivity index (χ1n) is 8.73. The maximum absolute atomic E-state index is 13.4. The zero-order chi connectivity index (χ0) is 21.4. The van der Waals surface area contributed by atoms with Gasteiger partial charge in [-0.3, -0.25) is 9.36 Å². The number of fused-ring (bicyclic) bond motifs is 1. The van der Waals surface area contributed by atoms with Crippen LogP contribution < -0.4 is 20.5 Å². The van der Waals surface area contributed by atoms with Gasteiger partial charge >= 0.3 is 0 Å². The smallest absolute Gasteiger partial charge is 0.269 e. The third-order valence-electron chi connectivity index (χ3n) is 4.75. The maximum atomic E-state index is 13.4. The van der Waals surface area contributed by atoms with Gasteiger partial charge in [0, 0.05) is 0 Å². The van der Waals surface area contributed by atoms with Gasteiger partial charge in [0.15, 0.2) is 0 Å². The van der Waals surface area contributed by atoms with Crippen molar-refractivity contribution < 1.29 is 8.78 Å². The van der Waals surface area contributed by atoms with Gasteiger partial charge in [-0.25, -0.2) is 8.78 Å². The largest absolute Gasteiger partial charge is 0.397 e. The number of benzene rings is 2. The number of halogens is 2. The molecule has 2 aromatic carbocycles. The molecule has 0 radical (unpaired) electrons. The summed E-state index contributed by atoms with van der Waals surface area (Å²) in [5.41, 5.74) is 6.83. The highest BCUT2D eigenvalue weighted by molar-refractivity contribution is 7.07. The first-order valence-corrected chi connectivity index (χ1v) is 9.55. The Morgan fingerprint density at radius 2 is 1.60 bits per heavy atom. The third-order valence-corrected chi connectivity index (χ3v) is 5.85. The molecule has 4 rings (SSSR count). The summed E-state index contributed by atoms with van der Waals surface area (Å²) in [5.74, 6) is -0.862. The quantitative estimate of drug-likeness (QED) is 0.689. The minimum absolute atomic E-state index is 0.0103. The van der Waals surface area contributed by atoms with Crippen LogP contribution in [0.1, 0.15) is 17.2 Å². The fraction of sp³-hybridized carbons (Fsp3) is 0.0455. The van der Waals surface area contributed by atoms with Crippen LogP contribution in [0.2, 0.25) is 0 Å². The number of rotatable bonds is 2. The lowest BCUT2D eigenvalue weighted by Crippen LogP contribution is -2.40. The molecule has 0 bridgehead atoms. The van der Waals surface area contributed by atoms with E-state index in [1.54, 1.807) is 6.08 Å². The van der Waals surface area contributed by atoms with Crippen molar-refractivity contribution in [3.05, 3.63) is 102 Å². The second kappa shape index (κ2) is 7.43. The Bertz CT molecular complexity index is 1450. The molecule has 1 aliphatic heterocycles. The second-order valence-electron chi connectivity index (χ2n) is 6.52. The first kappa shape index (κ1) is 19.3. The molecule has 2 N–H and O–H groups in total. The Hall–Kier alpha value is -4.01. The molecule has 0 amide bonds. The maximum Gasteiger partial charge on any atom is 0.269 e. The molecule has 1 aromatic heterocycles. The molecule has 2 heterocycles. The molecule has 30 heavy (non-hydrogen) atoms. The van der Waals surface area contributed by atoms with Gasteiger partial charge in [0.1, 0.15) is 34.0 Å². The number of nitrogens with zero attached hydrogens (tertiary/aromatic N) is 3. The highest BCUT2D eigenvalue weighted by atomic mass is 32.1. The highest BCUT2D eigenvalue weighted by Crippen LogP contribution is 2.30. The summed E-state index contributed by atoms with van der Waals surface area (Å²) in [5, 5.41) is 19.3. The van der Waals surface area contributed by atoms with Gasteiger partial charge in [-0.2, -0.15) is 10.5 Å². The zero-order valence-electron chi connectivity index (χ0n) is 15.3. The summed E-state index contributed by atoms with van der Waals surface area (Å²) < 4.78 is 28.6. The number of nitriles is 2. The van der Waals surface area contributed by atoms with Gasteiger partial charge in [0.05, 0.1) is 21.9 Å². The van der Waals surface area contributed by atoms with Gasteiger partial charge in [-0.05, 0) is 41.5 Å². The Kier molecular flexibility index (Phi) is 4.78. The number of allylic oxidation sites excluding steroid dienone is 2. The van der Waals surface area contributed by atoms with E-state index in [4.69, 9.17) is 5.73 Å². The molecule has 146 valence electrons. The van der Waals surface area contributed by atoms with E-state index in [0.717, 1.165) is 11.3 Å². The van der Waals surface area contributed by atoms with Gasteiger partial charge < -0.3 is 5.73 Å². The second-order valence-corrected chi connectivity index (χ2v) is 7.55. The number of aromatic nitrogens is 1. The fourth-order valence-corrected chi connectivity index (χ4v) is 4.47. The summed E-state index contributed by atoms with van der Waals surface area (Å²) in [6.45, 7) is 0. The predicted molar refractivity (Wildman–Crippen MR) is 108 cm³/mol. The van der Waals surface area contributed by atoms with E-state index in [9.17, 15) is 24.1 Å². The number of thiazole rings is 1. The Morgan fingerprint density at radius 1 is 1.00 bits per heavy atom. The van der Waals surface area contributed by atoms with Gasteiger partial charge in [0.25, 0.3) is 5.56 Å². The molecule has 0 saturated carbocycles. The van der Waals surface area contributed by atoms with Crippen molar-refractivity contribution >= 4 is 23.0 Å². The third kappa shape index (κ3) is 3.10. The van der Waals surface area contributed by atoms with E-state index in [1.807, 2.05) is 12.1 Å². The standard InChI is InChI=1S/C22H12F2N4OS/c23-14-5-1-12(2-6-14)9-18-21(29)28-20(13-3-7-15(24)8-4-13)16(10-25)19(27)17(11-26)22(28)30-18/h1-9,20H,27H2/b18-9+/t20-/m1/s1. The van der Waals surface area contributed by atoms with E-state index < -0.39 is 23.2 Å². The monoisotopic (exact) mass is 418 g/mol. The summed E-state index contributed by atoms with van der Waals surface area (Å²) in [4.78, 5) is 13.3. The number of nitrogens with two attached hydrogens (primary N) is 1. The van der Waals surface area contributed by atoms with Crippen LogP contribution in [0.25, 0.3) is 11.6 Å². The SMILES string of the molecule is N#CC1=C(N)C(C#N)=c2s/c(=C/c3ccc(F)cc3)c(=O)n2[C@@H]1c1ccc(F)cc1. The van der Waals surface area contributed by atoms with Crippen LogP contribution in [0.3, 0.4) is 0 Å². The van der Waals surface area contributed by atoms with Gasteiger partial charge in [-0.1, -0.05) is 24.3 Å². The molecule has 0 aliphatic carbocycles. The minimum Gasteiger partial charge on any atom is -0.397 e. The van der Waals surface area contributed by atoms with Gasteiger partial charge in [-0.15, -0.1) is 11.3 Å². The molecule has 1 aliphatic rings. The van der Waals surface area contributed by atoms with Crippen LogP contribution in [0, 0.1) is 34.3 Å². The van der Waals surface area contributed by atoms with Crippen molar-refractivity contribution in [2.45, 2.75) is 6.04 Å². The molecule has 0 saturated heterocycles. The fourth-order valence-electron chi connectivity index (χ4n) is 3.33. The van der Waals surface area contributed by atoms with Crippen molar-refractivity contribution in [3.8, 4) is 12.1 Å². The molecule has 8 heteroatoms. The molecule has 0 spiro atoms. The molecular formula is C22H12F2N4OS. The lowest BCUT2D eigenvalue weighted by molar-refractivity contribution is 0.614. The average Bonchev–Trinajstić information content (AvgIpc) is 3.05.